The summed E-state index contributed by atoms with van der Waals surface area (Å²) in [6.07, 6.45) is -0.639. The van der Waals surface area contributed by atoms with Gasteiger partial charge >= 0.3 is 0 Å². The van der Waals surface area contributed by atoms with Crippen molar-refractivity contribution in [2.24, 2.45) is 5.14 Å². The number of aliphatic hydroxyl groups excluding tert-OH is 1. The Morgan fingerprint density at radius 1 is 1.35 bits per heavy atom. The van der Waals surface area contributed by atoms with E-state index >= 15 is 0 Å². The maximum atomic E-state index is 11.2. The van der Waals surface area contributed by atoms with Crippen LogP contribution in [0.5, 0.6) is 0 Å². The van der Waals surface area contributed by atoms with E-state index in [1.165, 1.54) is 23.5 Å². The molecule has 6 nitrogen and oxygen atoms in total. The second kappa shape index (κ2) is 5.80. The number of nitrogen functional groups attached to an aromatic ring is 1. The lowest BCUT2D eigenvalue weighted by molar-refractivity contribution is 0.192. The zero-order valence-electron chi connectivity index (χ0n) is 10.5. The van der Waals surface area contributed by atoms with Gasteiger partial charge in [-0.05, 0) is 40.6 Å². The molecule has 108 valence electrons. The topological polar surface area (TPSA) is 118 Å². The van der Waals surface area contributed by atoms with Crippen molar-refractivity contribution in [2.45, 2.75) is 11.0 Å². The van der Waals surface area contributed by atoms with Gasteiger partial charge in [0.2, 0.25) is 10.0 Å². The lowest BCUT2D eigenvalue weighted by Crippen LogP contribution is -2.15. The Balaban J connectivity index is 2.06. The summed E-state index contributed by atoms with van der Waals surface area (Å²) in [6, 6.07) is 6.20. The van der Waals surface area contributed by atoms with Gasteiger partial charge in [0, 0.05) is 12.2 Å². The third-order valence-corrected chi connectivity index (χ3v) is 4.43. The Hall–Kier alpha value is -1.61. The van der Waals surface area contributed by atoms with Crippen molar-refractivity contribution in [3.8, 4) is 0 Å². The molecule has 6 N–H and O–H groups in total. The fourth-order valence-corrected chi connectivity index (χ4v) is 3.07. The fraction of sp³-hybridized carbons (Fsp3) is 0.167. The van der Waals surface area contributed by atoms with Gasteiger partial charge in [-0.15, -0.1) is 0 Å². The van der Waals surface area contributed by atoms with Gasteiger partial charge in [-0.25, -0.2) is 13.6 Å². The van der Waals surface area contributed by atoms with Crippen LogP contribution >= 0.6 is 11.3 Å². The third-order valence-electron chi connectivity index (χ3n) is 2.74. The Kier molecular flexibility index (Phi) is 4.29. The Labute approximate surface area is 121 Å². The Morgan fingerprint density at radius 3 is 2.65 bits per heavy atom. The summed E-state index contributed by atoms with van der Waals surface area (Å²) in [6.45, 7) is 0.297. The SMILES string of the molecule is Nc1cc(NCC(O)c2ccsc2)ccc1S(N)(=O)=O. The number of sulfonamides is 1. The summed E-state index contributed by atoms with van der Waals surface area (Å²) in [7, 11) is -3.82. The number of hydrogen-bond donors (Lipinski definition) is 4. The molecule has 0 spiro atoms. The predicted octanol–water partition coefficient (Wildman–Crippen LogP) is 1.12. The zero-order chi connectivity index (χ0) is 14.8. The van der Waals surface area contributed by atoms with E-state index in [9.17, 15) is 13.5 Å². The minimum atomic E-state index is -3.82. The van der Waals surface area contributed by atoms with Crippen LogP contribution in [0.2, 0.25) is 0 Å². The second-order valence-corrected chi connectivity index (χ2v) is 6.56. The Bertz CT molecular complexity index is 684. The van der Waals surface area contributed by atoms with Crippen molar-refractivity contribution in [1.29, 1.82) is 0 Å². The second-order valence-electron chi connectivity index (χ2n) is 4.25. The van der Waals surface area contributed by atoms with Gasteiger partial charge in [0.05, 0.1) is 11.8 Å². The molecular formula is C12H15N3O3S2. The molecule has 0 aliphatic heterocycles. The highest BCUT2D eigenvalue weighted by Crippen LogP contribution is 2.22. The molecule has 1 atom stereocenters. The van der Waals surface area contributed by atoms with E-state index in [2.05, 4.69) is 5.32 Å². The smallest absolute Gasteiger partial charge is 0.240 e. The van der Waals surface area contributed by atoms with Crippen molar-refractivity contribution in [3.63, 3.8) is 0 Å². The molecule has 2 aromatic rings. The maximum absolute atomic E-state index is 11.2. The maximum Gasteiger partial charge on any atom is 0.240 e. The number of primary sulfonamides is 1. The van der Waals surface area contributed by atoms with E-state index in [0.29, 0.717) is 12.2 Å². The number of rotatable bonds is 5. The first-order valence-corrected chi connectivity index (χ1v) is 8.23. The molecule has 0 radical (unpaired) electrons. The first kappa shape index (κ1) is 14.8. The number of aliphatic hydroxyl groups is 1. The number of hydrogen-bond acceptors (Lipinski definition) is 6. The first-order valence-electron chi connectivity index (χ1n) is 5.74. The standard InChI is InChI=1S/C12H15N3O3S2/c13-10-5-9(1-2-12(10)20(14,17)18)15-6-11(16)8-3-4-19-7-8/h1-5,7,11,15-16H,6,13H2,(H2,14,17,18). The largest absolute Gasteiger partial charge is 0.398 e. The van der Waals surface area contributed by atoms with Crippen LogP contribution in [-0.4, -0.2) is 20.1 Å². The van der Waals surface area contributed by atoms with Crippen molar-refractivity contribution in [1.82, 2.24) is 0 Å². The molecule has 8 heteroatoms. The fourth-order valence-electron chi connectivity index (χ4n) is 1.71. The van der Waals surface area contributed by atoms with Gasteiger partial charge in [0.25, 0.3) is 0 Å². The summed E-state index contributed by atoms with van der Waals surface area (Å²) < 4.78 is 22.5. The highest BCUT2D eigenvalue weighted by molar-refractivity contribution is 7.89. The van der Waals surface area contributed by atoms with E-state index in [1.807, 2.05) is 16.8 Å². The molecule has 0 aliphatic rings. The van der Waals surface area contributed by atoms with Crippen molar-refractivity contribution < 1.29 is 13.5 Å². The lowest BCUT2D eigenvalue weighted by Gasteiger charge is -2.13. The number of nitrogens with one attached hydrogen (secondary N) is 1. The van der Waals surface area contributed by atoms with Gasteiger partial charge in [-0.2, -0.15) is 11.3 Å². The molecule has 1 heterocycles. The molecule has 0 amide bonds. The van der Waals surface area contributed by atoms with Crippen molar-refractivity contribution >= 4 is 32.7 Å². The van der Waals surface area contributed by atoms with Gasteiger partial charge in [0.15, 0.2) is 0 Å². The van der Waals surface area contributed by atoms with Crippen molar-refractivity contribution in [3.05, 3.63) is 40.6 Å². The van der Waals surface area contributed by atoms with Crippen LogP contribution in [0.4, 0.5) is 11.4 Å². The van der Waals surface area contributed by atoms with Crippen LogP contribution in [0.3, 0.4) is 0 Å². The number of anilines is 2. The molecule has 0 fully saturated rings. The summed E-state index contributed by atoms with van der Waals surface area (Å²) in [5.41, 5.74) is 7.17. The van der Waals surface area contributed by atoms with E-state index < -0.39 is 16.1 Å². The number of benzene rings is 1. The molecule has 0 bridgehead atoms. The highest BCUT2D eigenvalue weighted by atomic mass is 32.2. The first-order chi connectivity index (χ1) is 9.38. The van der Waals surface area contributed by atoms with E-state index in [1.54, 1.807) is 6.07 Å². The summed E-state index contributed by atoms with van der Waals surface area (Å²) >= 11 is 1.51. The molecule has 0 saturated heterocycles. The van der Waals surface area contributed by atoms with Crippen LogP contribution in [0, 0.1) is 0 Å². The number of thiophene rings is 1. The molecule has 1 unspecified atom stereocenters. The normalized spacial score (nSPS) is 13.1. The average Bonchev–Trinajstić information content (AvgIpc) is 2.88. The third kappa shape index (κ3) is 3.48. The average molecular weight is 313 g/mol. The van der Waals surface area contributed by atoms with E-state index in [4.69, 9.17) is 10.9 Å². The molecule has 1 aromatic carbocycles. The monoisotopic (exact) mass is 313 g/mol. The predicted molar refractivity (Wildman–Crippen MR) is 80.0 cm³/mol. The lowest BCUT2D eigenvalue weighted by atomic mass is 10.2. The minimum absolute atomic E-state index is 0.0718. The molecule has 2 rings (SSSR count). The molecule has 1 aromatic heterocycles. The molecule has 20 heavy (non-hydrogen) atoms. The molecule has 0 aliphatic carbocycles. The number of nitrogens with two attached hydrogens (primary N) is 2. The molecule has 0 saturated carbocycles. The molecular weight excluding hydrogens is 298 g/mol. The highest BCUT2D eigenvalue weighted by Gasteiger charge is 2.13. The van der Waals surface area contributed by atoms with Gasteiger partial charge in [0.1, 0.15) is 4.90 Å². The van der Waals surface area contributed by atoms with Crippen LogP contribution in [0.25, 0.3) is 0 Å². The van der Waals surface area contributed by atoms with Crippen LogP contribution in [-0.2, 0) is 10.0 Å². The van der Waals surface area contributed by atoms with Crippen LogP contribution in [0.15, 0.2) is 39.9 Å². The van der Waals surface area contributed by atoms with E-state index in [0.717, 1.165) is 5.56 Å². The zero-order valence-corrected chi connectivity index (χ0v) is 12.1. The van der Waals surface area contributed by atoms with Crippen molar-refractivity contribution in [2.75, 3.05) is 17.6 Å². The van der Waals surface area contributed by atoms with E-state index in [-0.39, 0.29) is 10.6 Å². The van der Waals surface area contributed by atoms with Gasteiger partial charge in [-0.1, -0.05) is 0 Å². The Morgan fingerprint density at radius 2 is 2.10 bits per heavy atom. The van der Waals surface area contributed by atoms with Crippen LogP contribution in [0.1, 0.15) is 11.7 Å². The summed E-state index contributed by atoms with van der Waals surface area (Å²) in [5.74, 6) is 0. The summed E-state index contributed by atoms with van der Waals surface area (Å²) in [5, 5.41) is 21.7. The quantitative estimate of drug-likeness (QED) is 0.617. The minimum Gasteiger partial charge on any atom is -0.398 e. The van der Waals surface area contributed by atoms with Gasteiger partial charge < -0.3 is 16.2 Å². The van der Waals surface area contributed by atoms with Crippen LogP contribution < -0.4 is 16.2 Å². The summed E-state index contributed by atoms with van der Waals surface area (Å²) in [4.78, 5) is -0.110. The van der Waals surface area contributed by atoms with Gasteiger partial charge in [-0.3, -0.25) is 0 Å².